The fourth-order valence-corrected chi connectivity index (χ4v) is 1.60. The second-order valence-corrected chi connectivity index (χ2v) is 4.53. The maximum absolute atomic E-state index is 10.9. The fraction of sp³-hybridized carbons (Fsp3) is 0.462. The van der Waals surface area contributed by atoms with Gasteiger partial charge >= 0.3 is 11.7 Å². The lowest BCUT2D eigenvalue weighted by atomic mass is 10.2. The van der Waals surface area contributed by atoms with Gasteiger partial charge in [0.1, 0.15) is 0 Å². The zero-order valence-electron chi connectivity index (χ0n) is 11.5. The number of benzene rings is 1. The number of carboxylic acids is 1. The van der Waals surface area contributed by atoms with Gasteiger partial charge in [0.25, 0.3) is 0 Å². The van der Waals surface area contributed by atoms with Crippen LogP contribution in [0.2, 0.25) is 0 Å². The Bertz CT molecular complexity index is 488. The van der Waals surface area contributed by atoms with E-state index in [1.807, 2.05) is 0 Å². The molecule has 0 fully saturated rings. The van der Waals surface area contributed by atoms with E-state index in [2.05, 4.69) is 5.32 Å². The van der Waals surface area contributed by atoms with Crippen molar-refractivity contribution in [2.75, 3.05) is 11.9 Å². The van der Waals surface area contributed by atoms with Crippen LogP contribution in [0.25, 0.3) is 0 Å². The molecule has 0 aliphatic rings. The molecule has 0 saturated carbocycles. The maximum atomic E-state index is 10.9. The molecule has 1 aromatic carbocycles. The molecule has 7 nitrogen and oxygen atoms in total. The van der Waals surface area contributed by atoms with Crippen molar-refractivity contribution in [2.45, 2.75) is 32.8 Å². The van der Waals surface area contributed by atoms with E-state index in [9.17, 15) is 14.9 Å². The average Bonchev–Trinajstić information content (AvgIpc) is 2.33. The van der Waals surface area contributed by atoms with Gasteiger partial charge in [-0.15, -0.1) is 0 Å². The highest BCUT2D eigenvalue weighted by molar-refractivity contribution is 5.66. The van der Waals surface area contributed by atoms with Crippen molar-refractivity contribution in [3.63, 3.8) is 0 Å². The van der Waals surface area contributed by atoms with E-state index >= 15 is 0 Å². The van der Waals surface area contributed by atoms with Gasteiger partial charge in [0.05, 0.1) is 11.0 Å². The number of carboxylic acid groups (broad SMARTS) is 1. The molecule has 0 aliphatic heterocycles. The van der Waals surface area contributed by atoms with Gasteiger partial charge in [-0.1, -0.05) is 0 Å². The number of aliphatic carboxylic acids is 1. The number of nitrogens with zero attached hydrogens (tertiary/aromatic N) is 1. The molecule has 0 atom stereocenters. The Hall–Kier alpha value is -2.31. The van der Waals surface area contributed by atoms with Crippen molar-refractivity contribution in [1.82, 2.24) is 0 Å². The minimum Gasteiger partial charge on any atom is -0.484 e. The van der Waals surface area contributed by atoms with Crippen molar-refractivity contribution in [3.05, 3.63) is 28.3 Å². The third-order valence-corrected chi connectivity index (χ3v) is 2.42. The molecule has 0 aliphatic carbocycles. The first-order chi connectivity index (χ1) is 9.40. The van der Waals surface area contributed by atoms with Crippen LogP contribution in [-0.4, -0.2) is 28.6 Å². The van der Waals surface area contributed by atoms with Crippen LogP contribution < -0.4 is 10.1 Å². The summed E-state index contributed by atoms with van der Waals surface area (Å²) in [7, 11) is 0. The minimum absolute atomic E-state index is 0.0787. The van der Waals surface area contributed by atoms with Gasteiger partial charge in [0.15, 0.2) is 5.75 Å². The highest BCUT2D eigenvalue weighted by atomic mass is 16.6. The van der Waals surface area contributed by atoms with Gasteiger partial charge < -0.3 is 15.2 Å². The predicted octanol–water partition coefficient (Wildman–Crippen LogP) is 2.66. The Morgan fingerprint density at radius 1 is 1.50 bits per heavy atom. The summed E-state index contributed by atoms with van der Waals surface area (Å²) in [5.41, 5.74) is 0.575. The number of carbonyl (C=O) groups is 1. The van der Waals surface area contributed by atoms with E-state index in [0.717, 1.165) is 0 Å². The van der Waals surface area contributed by atoms with Crippen molar-refractivity contribution in [1.29, 1.82) is 0 Å². The van der Waals surface area contributed by atoms with Crippen LogP contribution in [0.1, 0.15) is 26.7 Å². The third kappa shape index (κ3) is 5.13. The summed E-state index contributed by atoms with van der Waals surface area (Å²) in [6.45, 7) is 4.05. The molecule has 2 N–H and O–H groups in total. The summed E-state index contributed by atoms with van der Waals surface area (Å²) >= 11 is 0. The molecule has 0 bridgehead atoms. The monoisotopic (exact) mass is 282 g/mol. The lowest BCUT2D eigenvalue weighted by Gasteiger charge is -2.12. The zero-order chi connectivity index (χ0) is 15.1. The molecule has 0 amide bonds. The molecule has 110 valence electrons. The van der Waals surface area contributed by atoms with Crippen molar-refractivity contribution >= 4 is 17.3 Å². The number of rotatable bonds is 8. The molecule has 0 saturated heterocycles. The second-order valence-electron chi connectivity index (χ2n) is 4.53. The zero-order valence-corrected chi connectivity index (χ0v) is 11.5. The van der Waals surface area contributed by atoms with Crippen LogP contribution in [0.15, 0.2) is 18.2 Å². The van der Waals surface area contributed by atoms with Crippen molar-refractivity contribution in [2.24, 2.45) is 0 Å². The van der Waals surface area contributed by atoms with E-state index in [1.165, 1.54) is 6.07 Å². The second kappa shape index (κ2) is 7.32. The quantitative estimate of drug-likeness (QED) is 0.432. The van der Waals surface area contributed by atoms with Gasteiger partial charge in [-0.2, -0.15) is 0 Å². The molecule has 0 unspecified atom stereocenters. The summed E-state index contributed by atoms with van der Waals surface area (Å²) in [5, 5.41) is 22.4. The van der Waals surface area contributed by atoms with Crippen LogP contribution in [0.3, 0.4) is 0 Å². The smallest absolute Gasteiger partial charge is 0.311 e. The standard InChI is InChI=1S/C13H18N2O5/c1-9(2)20-12-8-10(5-6-11(12)15(18)19)14-7-3-4-13(16)17/h5-6,8-9,14H,3-4,7H2,1-2H3,(H,16,17). The van der Waals surface area contributed by atoms with Gasteiger partial charge in [0.2, 0.25) is 0 Å². The topological polar surface area (TPSA) is 102 Å². The van der Waals surface area contributed by atoms with E-state index in [1.54, 1.807) is 26.0 Å². The molecule has 1 rings (SSSR count). The Balaban J connectivity index is 2.73. The summed E-state index contributed by atoms with van der Waals surface area (Å²) in [5.74, 6) is -0.646. The number of hydrogen-bond donors (Lipinski definition) is 2. The van der Waals surface area contributed by atoms with E-state index < -0.39 is 10.9 Å². The lowest BCUT2D eigenvalue weighted by molar-refractivity contribution is -0.386. The number of nitro groups is 1. The maximum Gasteiger partial charge on any atom is 0.311 e. The van der Waals surface area contributed by atoms with Crippen molar-refractivity contribution in [3.8, 4) is 5.75 Å². The number of nitrogens with one attached hydrogen (secondary N) is 1. The molecule has 20 heavy (non-hydrogen) atoms. The number of nitro benzene ring substituents is 1. The lowest BCUT2D eigenvalue weighted by Crippen LogP contribution is -2.09. The molecule has 0 aromatic heterocycles. The van der Waals surface area contributed by atoms with Crippen LogP contribution in [0.4, 0.5) is 11.4 Å². The van der Waals surface area contributed by atoms with Crippen molar-refractivity contribution < 1.29 is 19.6 Å². The Labute approximate surface area is 116 Å². The van der Waals surface area contributed by atoms with Gasteiger partial charge in [-0.05, 0) is 26.3 Å². The molecule has 0 spiro atoms. The first-order valence-electron chi connectivity index (χ1n) is 6.31. The molecular weight excluding hydrogens is 264 g/mol. The van der Waals surface area contributed by atoms with E-state index in [0.29, 0.717) is 18.7 Å². The summed E-state index contributed by atoms with van der Waals surface area (Å²) < 4.78 is 5.42. The predicted molar refractivity (Wildman–Crippen MR) is 74.2 cm³/mol. The normalized spacial score (nSPS) is 10.3. The summed E-state index contributed by atoms with van der Waals surface area (Å²) in [4.78, 5) is 20.8. The van der Waals surface area contributed by atoms with Crippen LogP contribution in [0, 0.1) is 10.1 Å². The third-order valence-electron chi connectivity index (χ3n) is 2.42. The number of anilines is 1. The van der Waals surface area contributed by atoms with Crippen LogP contribution >= 0.6 is 0 Å². The Morgan fingerprint density at radius 3 is 2.75 bits per heavy atom. The largest absolute Gasteiger partial charge is 0.484 e. The molecule has 0 heterocycles. The van der Waals surface area contributed by atoms with Gasteiger partial charge in [0, 0.05) is 30.8 Å². The molecule has 1 aromatic rings. The van der Waals surface area contributed by atoms with E-state index in [-0.39, 0.29) is 24.0 Å². The highest BCUT2D eigenvalue weighted by Crippen LogP contribution is 2.30. The SMILES string of the molecule is CC(C)Oc1cc(NCCCC(=O)O)ccc1[N+](=O)[O-]. The Kier molecular flexibility index (Phi) is 5.76. The number of hydrogen-bond acceptors (Lipinski definition) is 5. The average molecular weight is 282 g/mol. The first-order valence-corrected chi connectivity index (χ1v) is 6.31. The summed E-state index contributed by atoms with van der Waals surface area (Å²) in [6.07, 6.45) is 0.387. The fourth-order valence-electron chi connectivity index (χ4n) is 1.60. The molecular formula is C13H18N2O5. The van der Waals surface area contributed by atoms with E-state index in [4.69, 9.17) is 9.84 Å². The summed E-state index contributed by atoms with van der Waals surface area (Å²) in [6, 6.07) is 4.50. The molecule has 0 radical (unpaired) electrons. The van der Waals surface area contributed by atoms with Gasteiger partial charge in [-0.25, -0.2) is 0 Å². The Morgan fingerprint density at radius 2 is 2.20 bits per heavy atom. The first kappa shape index (κ1) is 15.7. The molecule has 7 heteroatoms. The minimum atomic E-state index is -0.848. The number of ether oxygens (including phenoxy) is 1. The highest BCUT2D eigenvalue weighted by Gasteiger charge is 2.16. The van der Waals surface area contributed by atoms with Gasteiger partial charge in [-0.3, -0.25) is 14.9 Å². The van der Waals surface area contributed by atoms with Crippen LogP contribution in [0.5, 0.6) is 5.75 Å². The van der Waals surface area contributed by atoms with Crippen LogP contribution in [-0.2, 0) is 4.79 Å².